The van der Waals surface area contributed by atoms with Gasteiger partial charge in [-0.3, -0.25) is 9.79 Å². The number of allylic oxidation sites excluding steroid dienone is 4. The molecule has 1 aromatic carbocycles. The number of benzene rings is 1. The van der Waals surface area contributed by atoms with Crippen molar-refractivity contribution in [1.82, 2.24) is 4.90 Å². The molecule has 4 rings (SSSR count). The van der Waals surface area contributed by atoms with Crippen molar-refractivity contribution in [3.8, 4) is 0 Å². The average Bonchev–Trinajstić information content (AvgIpc) is 2.55. The van der Waals surface area contributed by atoms with Crippen LogP contribution < -0.4 is 0 Å². The summed E-state index contributed by atoms with van der Waals surface area (Å²) in [6, 6.07) is 9.37. The van der Waals surface area contributed by atoms with Crippen LogP contribution in [0.25, 0.3) is 5.57 Å². The molecule has 5 nitrogen and oxygen atoms in total. The molecular weight excluding hydrogens is 302 g/mol. The van der Waals surface area contributed by atoms with Crippen molar-refractivity contribution in [3.63, 3.8) is 0 Å². The lowest BCUT2D eigenvalue weighted by Crippen LogP contribution is -2.44. The number of aliphatic imine (C=N–C) groups is 1. The van der Waals surface area contributed by atoms with Gasteiger partial charge in [-0.15, -0.1) is 0 Å². The summed E-state index contributed by atoms with van der Waals surface area (Å²) >= 11 is 0. The van der Waals surface area contributed by atoms with Crippen molar-refractivity contribution in [1.29, 1.82) is 0 Å². The number of nitrogens with zero attached hydrogens (tertiary/aromatic N) is 3. The fourth-order valence-corrected chi connectivity index (χ4v) is 3.20. The van der Waals surface area contributed by atoms with Gasteiger partial charge >= 0.3 is 0 Å². The van der Waals surface area contributed by atoms with Crippen LogP contribution in [0.2, 0.25) is 0 Å². The molecule has 3 heterocycles. The summed E-state index contributed by atoms with van der Waals surface area (Å²) < 4.78 is 0.761. The van der Waals surface area contributed by atoms with E-state index in [-0.39, 0.29) is 5.78 Å². The van der Waals surface area contributed by atoms with Crippen molar-refractivity contribution in [2.45, 2.75) is 6.04 Å². The van der Waals surface area contributed by atoms with Crippen LogP contribution in [0, 0.1) is 5.21 Å². The zero-order valence-electron chi connectivity index (χ0n) is 12.9. The number of rotatable bonds is 1. The summed E-state index contributed by atoms with van der Waals surface area (Å²) in [7, 11) is 0. The Hall–Kier alpha value is -3.21. The van der Waals surface area contributed by atoms with Gasteiger partial charge in [0.05, 0.1) is 18.5 Å². The first-order valence-electron chi connectivity index (χ1n) is 7.73. The number of carbonyl (C=O) groups is 1. The molecule has 1 atom stereocenters. The molecule has 0 saturated carbocycles. The van der Waals surface area contributed by atoms with Gasteiger partial charge in [0, 0.05) is 29.6 Å². The summed E-state index contributed by atoms with van der Waals surface area (Å²) in [5.41, 5.74) is 3.46. The quantitative estimate of drug-likeness (QED) is 0.590. The first-order valence-corrected chi connectivity index (χ1v) is 7.73. The minimum Gasteiger partial charge on any atom is -0.623 e. The molecule has 0 saturated heterocycles. The topological polar surface area (TPSA) is 58.7 Å². The predicted molar refractivity (Wildman–Crippen MR) is 93.4 cm³/mol. The number of hydroxylamine groups is 1. The third-order valence-corrected chi connectivity index (χ3v) is 4.25. The summed E-state index contributed by atoms with van der Waals surface area (Å²) in [6.07, 6.45) is 11.8. The van der Waals surface area contributed by atoms with Crippen LogP contribution >= 0.6 is 0 Å². The van der Waals surface area contributed by atoms with Crippen LogP contribution in [0.5, 0.6) is 0 Å². The van der Waals surface area contributed by atoms with Crippen molar-refractivity contribution < 1.29 is 9.53 Å². The fourth-order valence-electron chi connectivity index (χ4n) is 3.20. The van der Waals surface area contributed by atoms with Crippen LogP contribution in [-0.2, 0) is 4.79 Å². The van der Waals surface area contributed by atoms with E-state index in [0.717, 1.165) is 33.4 Å². The van der Waals surface area contributed by atoms with Gasteiger partial charge in [-0.25, -0.2) is 0 Å². The Balaban J connectivity index is 1.98. The fraction of sp³-hybridized carbons (Fsp3) is 0.105. The second-order valence-electron chi connectivity index (χ2n) is 5.75. The first-order chi connectivity index (χ1) is 11.7. The van der Waals surface area contributed by atoms with Crippen LogP contribution in [-0.4, -0.2) is 40.4 Å². The number of hydrogen-bond acceptors (Lipinski definition) is 4. The Labute approximate surface area is 139 Å². The molecule has 3 aliphatic heterocycles. The standard InChI is InChI=1S/C19H15N3O2/c23-15-10-16-18(22(24)12-15)13-21-9-5-4-8-20-11-17(21)19(16)14-6-2-1-3-7-14/h1-12,18H,13H2/b8-4-,9-5-,20-11-. The SMILES string of the molecule is O=C1C=C2C(c3ccccc3)=C3\C=N/C=C\C=C/N3CC2[N+]([O-])=C1. The molecule has 0 fully saturated rings. The molecule has 24 heavy (non-hydrogen) atoms. The Morgan fingerprint density at radius 2 is 2.04 bits per heavy atom. The third kappa shape index (κ3) is 2.40. The van der Waals surface area contributed by atoms with Gasteiger partial charge in [-0.1, -0.05) is 30.3 Å². The van der Waals surface area contributed by atoms with Gasteiger partial charge in [0.15, 0.2) is 0 Å². The minimum absolute atomic E-state index is 0.281. The van der Waals surface area contributed by atoms with E-state index in [0.29, 0.717) is 6.54 Å². The molecule has 118 valence electrons. The van der Waals surface area contributed by atoms with Crippen LogP contribution in [0.4, 0.5) is 0 Å². The van der Waals surface area contributed by atoms with E-state index in [1.807, 2.05) is 53.6 Å². The van der Waals surface area contributed by atoms with Gasteiger partial charge in [0.1, 0.15) is 0 Å². The largest absolute Gasteiger partial charge is 0.623 e. The molecule has 3 aliphatic rings. The highest BCUT2D eigenvalue weighted by Gasteiger charge is 2.38. The smallest absolute Gasteiger partial charge is 0.243 e. The second kappa shape index (κ2) is 5.77. The van der Waals surface area contributed by atoms with Crippen molar-refractivity contribution in [2.75, 3.05) is 6.54 Å². The maximum Gasteiger partial charge on any atom is 0.243 e. The number of fused-ring (bicyclic) bond motifs is 2. The number of carbonyl (C=O) groups excluding carboxylic acids is 1. The molecule has 0 bridgehead atoms. The van der Waals surface area contributed by atoms with E-state index in [4.69, 9.17) is 0 Å². The van der Waals surface area contributed by atoms with E-state index in [1.165, 1.54) is 0 Å². The lowest BCUT2D eigenvalue weighted by atomic mass is 9.85. The second-order valence-corrected chi connectivity index (χ2v) is 5.75. The van der Waals surface area contributed by atoms with Crippen LogP contribution in [0.3, 0.4) is 0 Å². The number of ketones is 1. The van der Waals surface area contributed by atoms with E-state index in [2.05, 4.69) is 4.99 Å². The molecule has 0 spiro atoms. The molecule has 0 radical (unpaired) electrons. The summed E-state index contributed by atoms with van der Waals surface area (Å²) in [6.45, 7) is 0.473. The third-order valence-electron chi connectivity index (χ3n) is 4.25. The van der Waals surface area contributed by atoms with Crippen molar-refractivity contribution in [2.24, 2.45) is 4.99 Å². The minimum atomic E-state index is -0.414. The van der Waals surface area contributed by atoms with Gasteiger partial charge in [0.2, 0.25) is 18.0 Å². The molecule has 0 N–H and O–H groups in total. The zero-order valence-corrected chi connectivity index (χ0v) is 12.9. The summed E-state index contributed by atoms with van der Waals surface area (Å²) in [5, 5.41) is 12.3. The Kier molecular flexibility index (Phi) is 3.46. The highest BCUT2D eigenvalue weighted by Crippen LogP contribution is 2.36. The lowest BCUT2D eigenvalue weighted by molar-refractivity contribution is -0.485. The average molecular weight is 317 g/mol. The predicted octanol–water partition coefficient (Wildman–Crippen LogP) is 2.28. The van der Waals surface area contributed by atoms with Crippen LogP contribution in [0.1, 0.15) is 5.56 Å². The highest BCUT2D eigenvalue weighted by atomic mass is 16.5. The van der Waals surface area contributed by atoms with Gasteiger partial charge in [-0.2, -0.15) is 4.74 Å². The Morgan fingerprint density at radius 1 is 1.21 bits per heavy atom. The Bertz CT molecular complexity index is 873. The molecule has 1 aromatic rings. The Morgan fingerprint density at radius 3 is 2.88 bits per heavy atom. The van der Waals surface area contributed by atoms with Gasteiger partial charge < -0.3 is 10.1 Å². The monoisotopic (exact) mass is 317 g/mol. The van der Waals surface area contributed by atoms with Crippen LogP contribution in [0.15, 0.2) is 77.2 Å². The number of hydrogen-bond donors (Lipinski definition) is 0. The van der Waals surface area contributed by atoms with E-state index < -0.39 is 6.04 Å². The summed E-state index contributed by atoms with van der Waals surface area (Å²) in [5.74, 6) is -0.281. The van der Waals surface area contributed by atoms with Gasteiger partial charge in [0.25, 0.3) is 0 Å². The molecule has 5 heteroatoms. The molecule has 0 aromatic heterocycles. The maximum absolute atomic E-state index is 12.3. The van der Waals surface area contributed by atoms with Crippen molar-refractivity contribution >= 4 is 23.8 Å². The molecule has 1 unspecified atom stereocenters. The summed E-state index contributed by atoms with van der Waals surface area (Å²) in [4.78, 5) is 18.2. The molecule has 0 aliphatic carbocycles. The van der Waals surface area contributed by atoms with Crippen molar-refractivity contribution in [3.05, 3.63) is 83.0 Å². The lowest BCUT2D eigenvalue weighted by Gasteiger charge is -2.36. The van der Waals surface area contributed by atoms with E-state index >= 15 is 0 Å². The normalized spacial score (nSPS) is 26.4. The highest BCUT2D eigenvalue weighted by molar-refractivity contribution is 6.32. The maximum atomic E-state index is 12.3. The molecule has 0 amide bonds. The van der Waals surface area contributed by atoms with Gasteiger partial charge in [-0.05, 0) is 17.7 Å². The molecular formula is C19H15N3O2. The van der Waals surface area contributed by atoms with E-state index in [1.54, 1.807) is 18.5 Å². The first kappa shape index (κ1) is 14.4. The zero-order chi connectivity index (χ0) is 16.5. The van der Waals surface area contributed by atoms with E-state index in [9.17, 15) is 10.0 Å².